The van der Waals surface area contributed by atoms with E-state index < -0.39 is 5.54 Å². The third kappa shape index (κ3) is 5.52. The van der Waals surface area contributed by atoms with Crippen LogP contribution in [0.25, 0.3) is 0 Å². The van der Waals surface area contributed by atoms with Crippen molar-refractivity contribution in [3.05, 3.63) is 22.4 Å². The zero-order valence-corrected chi connectivity index (χ0v) is 12.0. The summed E-state index contributed by atoms with van der Waals surface area (Å²) in [5, 5.41) is 4.93. The van der Waals surface area contributed by atoms with Crippen molar-refractivity contribution in [3.63, 3.8) is 0 Å². The normalized spacial score (nSPS) is 13.6. The Hall–Kier alpha value is -0.580. The number of carbonyl (C=O) groups is 1. The molecule has 0 bridgehead atoms. The van der Waals surface area contributed by atoms with E-state index in [-0.39, 0.29) is 18.3 Å². The molecule has 98 valence electrons. The van der Waals surface area contributed by atoms with Gasteiger partial charge in [-0.1, -0.05) is 19.4 Å². The molecule has 0 aromatic carbocycles. The van der Waals surface area contributed by atoms with Crippen LogP contribution >= 0.6 is 23.7 Å². The molecule has 0 saturated carbocycles. The Labute approximate surface area is 113 Å². The first-order valence-electron chi connectivity index (χ1n) is 5.66. The van der Waals surface area contributed by atoms with Gasteiger partial charge in [0.25, 0.3) is 0 Å². The Morgan fingerprint density at radius 2 is 2.29 bits per heavy atom. The molecule has 1 atom stereocenters. The van der Waals surface area contributed by atoms with Crippen molar-refractivity contribution in [3.8, 4) is 0 Å². The summed E-state index contributed by atoms with van der Waals surface area (Å²) in [4.78, 5) is 13.0. The van der Waals surface area contributed by atoms with Crippen molar-refractivity contribution in [2.75, 3.05) is 6.54 Å². The number of hydrogen-bond acceptors (Lipinski definition) is 3. The van der Waals surface area contributed by atoms with Gasteiger partial charge >= 0.3 is 0 Å². The zero-order valence-electron chi connectivity index (χ0n) is 10.4. The first-order valence-corrected chi connectivity index (χ1v) is 6.54. The van der Waals surface area contributed by atoms with Gasteiger partial charge in [0.05, 0.1) is 5.54 Å². The van der Waals surface area contributed by atoms with Crippen LogP contribution < -0.4 is 11.1 Å². The summed E-state index contributed by atoms with van der Waals surface area (Å²) in [7, 11) is 0. The Morgan fingerprint density at radius 1 is 1.59 bits per heavy atom. The molecule has 1 unspecified atom stereocenters. The summed E-state index contributed by atoms with van der Waals surface area (Å²) >= 11 is 1.71. The maximum Gasteiger partial charge on any atom is 0.239 e. The minimum absolute atomic E-state index is 0. The standard InChI is InChI=1S/C12H20N2OS.ClH/c1-3-7-12(2,13)11(15)14-8-6-10-5-4-9-16-10;/h4-5,9H,3,6-8,13H2,1-2H3,(H,14,15);1H. The number of nitrogens with one attached hydrogen (secondary N) is 1. The molecule has 5 heteroatoms. The summed E-state index contributed by atoms with van der Waals surface area (Å²) < 4.78 is 0. The first-order chi connectivity index (χ1) is 7.56. The first kappa shape index (κ1) is 16.4. The Bertz CT molecular complexity index is 325. The quantitative estimate of drug-likeness (QED) is 0.838. The van der Waals surface area contributed by atoms with Gasteiger partial charge in [0.1, 0.15) is 0 Å². The van der Waals surface area contributed by atoms with E-state index in [0.717, 1.165) is 19.3 Å². The number of rotatable bonds is 6. The highest BCUT2D eigenvalue weighted by atomic mass is 35.5. The lowest BCUT2D eigenvalue weighted by Gasteiger charge is -2.22. The number of carbonyl (C=O) groups excluding carboxylic acids is 1. The molecule has 0 spiro atoms. The van der Waals surface area contributed by atoms with E-state index in [1.165, 1.54) is 4.88 Å². The van der Waals surface area contributed by atoms with E-state index in [1.807, 2.05) is 18.4 Å². The number of thiophene rings is 1. The van der Waals surface area contributed by atoms with Crippen LogP contribution in [-0.2, 0) is 11.2 Å². The molecule has 1 aromatic rings. The van der Waals surface area contributed by atoms with Crippen LogP contribution in [0.1, 0.15) is 31.6 Å². The average Bonchev–Trinajstić information content (AvgIpc) is 2.70. The molecule has 0 saturated heterocycles. The van der Waals surface area contributed by atoms with Crippen LogP contribution in [0.4, 0.5) is 0 Å². The van der Waals surface area contributed by atoms with Gasteiger partial charge in [-0.3, -0.25) is 4.79 Å². The van der Waals surface area contributed by atoms with Crippen LogP contribution in [0, 0.1) is 0 Å². The minimum atomic E-state index is -0.732. The Morgan fingerprint density at radius 3 is 2.82 bits per heavy atom. The van der Waals surface area contributed by atoms with Gasteiger partial charge in [-0.05, 0) is 31.2 Å². The molecule has 3 N–H and O–H groups in total. The number of hydrogen-bond donors (Lipinski definition) is 2. The Kier molecular flexibility index (Phi) is 7.43. The van der Waals surface area contributed by atoms with Crippen molar-refractivity contribution >= 4 is 29.7 Å². The van der Waals surface area contributed by atoms with Gasteiger partial charge in [0.2, 0.25) is 5.91 Å². The maximum absolute atomic E-state index is 11.8. The summed E-state index contributed by atoms with van der Waals surface area (Å²) in [6.07, 6.45) is 2.52. The molecule has 1 amide bonds. The monoisotopic (exact) mass is 276 g/mol. The number of amides is 1. The molecule has 0 fully saturated rings. The average molecular weight is 277 g/mol. The van der Waals surface area contributed by atoms with E-state index in [9.17, 15) is 4.79 Å². The molecule has 0 radical (unpaired) electrons. The van der Waals surface area contributed by atoms with Gasteiger partial charge < -0.3 is 11.1 Å². The van der Waals surface area contributed by atoms with Crippen LogP contribution in [-0.4, -0.2) is 18.0 Å². The van der Waals surface area contributed by atoms with Crippen LogP contribution in [0.15, 0.2) is 17.5 Å². The summed E-state index contributed by atoms with van der Waals surface area (Å²) in [6, 6.07) is 4.09. The van der Waals surface area contributed by atoms with E-state index in [1.54, 1.807) is 18.3 Å². The lowest BCUT2D eigenvalue weighted by atomic mass is 9.96. The van der Waals surface area contributed by atoms with Crippen LogP contribution in [0.2, 0.25) is 0 Å². The third-order valence-corrected chi connectivity index (χ3v) is 3.46. The molecular weight excluding hydrogens is 256 g/mol. The van der Waals surface area contributed by atoms with Gasteiger partial charge in [-0.15, -0.1) is 23.7 Å². The molecule has 0 aliphatic heterocycles. The molecule has 1 rings (SSSR count). The molecule has 0 aliphatic rings. The van der Waals surface area contributed by atoms with Crippen LogP contribution in [0.3, 0.4) is 0 Å². The fourth-order valence-electron chi connectivity index (χ4n) is 1.59. The summed E-state index contributed by atoms with van der Waals surface area (Å²) in [5.74, 6) is -0.0501. The zero-order chi connectivity index (χ0) is 12.0. The van der Waals surface area contributed by atoms with Gasteiger partial charge in [-0.25, -0.2) is 0 Å². The van der Waals surface area contributed by atoms with Gasteiger partial charge in [0.15, 0.2) is 0 Å². The predicted octanol–water partition coefficient (Wildman–Crippen LogP) is 2.35. The highest BCUT2D eigenvalue weighted by molar-refractivity contribution is 7.09. The van der Waals surface area contributed by atoms with Crippen molar-refractivity contribution in [1.29, 1.82) is 0 Å². The maximum atomic E-state index is 11.8. The number of halogens is 1. The lowest BCUT2D eigenvalue weighted by Crippen LogP contribution is -2.51. The third-order valence-electron chi connectivity index (χ3n) is 2.53. The van der Waals surface area contributed by atoms with Crippen molar-refractivity contribution in [2.24, 2.45) is 5.73 Å². The molecule has 1 heterocycles. The SMILES string of the molecule is CCCC(C)(N)C(=O)NCCc1cccs1.Cl. The van der Waals surface area contributed by atoms with E-state index in [4.69, 9.17) is 5.73 Å². The second-order valence-corrected chi connectivity index (χ2v) is 5.28. The second-order valence-electron chi connectivity index (χ2n) is 4.25. The summed E-state index contributed by atoms with van der Waals surface area (Å²) in [6.45, 7) is 4.48. The predicted molar refractivity (Wildman–Crippen MR) is 75.8 cm³/mol. The number of nitrogens with two attached hydrogens (primary N) is 1. The van der Waals surface area contributed by atoms with Crippen LogP contribution in [0.5, 0.6) is 0 Å². The molecule has 17 heavy (non-hydrogen) atoms. The van der Waals surface area contributed by atoms with E-state index in [0.29, 0.717) is 6.54 Å². The fraction of sp³-hybridized carbons (Fsp3) is 0.583. The highest BCUT2D eigenvalue weighted by Gasteiger charge is 2.26. The van der Waals surface area contributed by atoms with Crippen molar-refractivity contribution in [2.45, 2.75) is 38.6 Å². The topological polar surface area (TPSA) is 55.1 Å². The van der Waals surface area contributed by atoms with E-state index >= 15 is 0 Å². The molecule has 0 aliphatic carbocycles. The van der Waals surface area contributed by atoms with Gasteiger partial charge in [0, 0.05) is 11.4 Å². The highest BCUT2D eigenvalue weighted by Crippen LogP contribution is 2.10. The molecular formula is C12H21ClN2OS. The fourth-order valence-corrected chi connectivity index (χ4v) is 2.30. The smallest absolute Gasteiger partial charge is 0.239 e. The van der Waals surface area contributed by atoms with Gasteiger partial charge in [-0.2, -0.15) is 0 Å². The molecule has 1 aromatic heterocycles. The van der Waals surface area contributed by atoms with E-state index in [2.05, 4.69) is 11.4 Å². The van der Waals surface area contributed by atoms with Crippen molar-refractivity contribution in [1.82, 2.24) is 5.32 Å². The van der Waals surface area contributed by atoms with Crippen molar-refractivity contribution < 1.29 is 4.79 Å². The lowest BCUT2D eigenvalue weighted by molar-refractivity contribution is -0.126. The largest absolute Gasteiger partial charge is 0.354 e. The molecule has 3 nitrogen and oxygen atoms in total. The second kappa shape index (κ2) is 7.69. The minimum Gasteiger partial charge on any atom is -0.354 e. The summed E-state index contributed by atoms with van der Waals surface area (Å²) in [5.41, 5.74) is 5.19. The Balaban J connectivity index is 0.00000256.